The maximum Gasteiger partial charge on any atom is 0.127 e. The molecule has 0 spiro atoms. The molecule has 0 saturated heterocycles. The molecule has 0 aliphatic heterocycles. The average molecular weight is 190 g/mol. The second kappa shape index (κ2) is 3.18. The molecule has 0 bridgehead atoms. The van der Waals surface area contributed by atoms with Gasteiger partial charge in [0.05, 0.1) is 5.69 Å². The minimum Gasteiger partial charge on any atom is -0.300 e. The molecule has 1 aromatic carbocycles. The van der Waals surface area contributed by atoms with Crippen LogP contribution in [-0.4, -0.2) is 9.78 Å². The zero-order valence-electron chi connectivity index (χ0n) is 7.32. The highest BCUT2D eigenvalue weighted by molar-refractivity contribution is 7.71. The van der Waals surface area contributed by atoms with Gasteiger partial charge in [0.1, 0.15) is 4.64 Å². The fourth-order valence-corrected chi connectivity index (χ4v) is 1.54. The molecule has 2 nitrogen and oxygen atoms in total. The number of H-pyrrole nitrogens is 1. The number of nitrogens with one attached hydrogen (secondary N) is 1. The molecule has 0 atom stereocenters. The van der Waals surface area contributed by atoms with E-state index in [1.54, 1.807) is 0 Å². The SMILES string of the molecule is Cc1ccccc1-n1[nH]ccc1=S. The van der Waals surface area contributed by atoms with E-state index in [2.05, 4.69) is 18.1 Å². The summed E-state index contributed by atoms with van der Waals surface area (Å²) in [6.07, 6.45) is 1.84. The molecule has 66 valence electrons. The fourth-order valence-electron chi connectivity index (χ4n) is 1.32. The van der Waals surface area contributed by atoms with E-state index in [0.29, 0.717) is 0 Å². The van der Waals surface area contributed by atoms with Crippen molar-refractivity contribution in [2.75, 3.05) is 0 Å². The number of aromatic nitrogens is 2. The predicted octanol–water partition coefficient (Wildman–Crippen LogP) is 2.84. The number of hydrogen-bond acceptors (Lipinski definition) is 1. The first-order valence-corrected chi connectivity index (χ1v) is 4.52. The first kappa shape index (κ1) is 8.26. The van der Waals surface area contributed by atoms with Crippen LogP contribution < -0.4 is 0 Å². The van der Waals surface area contributed by atoms with Gasteiger partial charge in [0.2, 0.25) is 0 Å². The lowest BCUT2D eigenvalue weighted by molar-refractivity contribution is 0.861. The summed E-state index contributed by atoms with van der Waals surface area (Å²) in [5.41, 5.74) is 2.32. The van der Waals surface area contributed by atoms with Gasteiger partial charge in [0.25, 0.3) is 0 Å². The Morgan fingerprint density at radius 3 is 2.62 bits per heavy atom. The lowest BCUT2D eigenvalue weighted by atomic mass is 10.2. The van der Waals surface area contributed by atoms with Crippen LogP contribution in [0.2, 0.25) is 0 Å². The minimum atomic E-state index is 0.800. The molecular weight excluding hydrogens is 180 g/mol. The summed E-state index contributed by atoms with van der Waals surface area (Å²) in [7, 11) is 0. The first-order valence-electron chi connectivity index (χ1n) is 4.11. The summed E-state index contributed by atoms with van der Waals surface area (Å²) in [6, 6.07) is 10.0. The Bertz CT molecular complexity index is 468. The topological polar surface area (TPSA) is 20.7 Å². The quantitative estimate of drug-likeness (QED) is 0.686. The van der Waals surface area contributed by atoms with Gasteiger partial charge in [-0.15, -0.1) is 0 Å². The lowest BCUT2D eigenvalue weighted by Gasteiger charge is -2.05. The van der Waals surface area contributed by atoms with E-state index in [1.807, 2.05) is 35.1 Å². The van der Waals surface area contributed by atoms with E-state index < -0.39 is 0 Å². The van der Waals surface area contributed by atoms with Crippen LogP contribution in [0, 0.1) is 11.6 Å². The standard InChI is InChI=1S/C10H10N2S/c1-8-4-2-3-5-9(8)12-10(13)6-7-11-12/h2-7,11H,1H3. The van der Waals surface area contributed by atoms with Crippen LogP contribution in [0.5, 0.6) is 0 Å². The second-order valence-electron chi connectivity index (χ2n) is 2.92. The van der Waals surface area contributed by atoms with Gasteiger partial charge in [-0.25, -0.2) is 4.68 Å². The molecule has 0 amide bonds. The third kappa shape index (κ3) is 1.42. The number of nitrogens with zero attached hydrogens (tertiary/aromatic N) is 1. The first-order chi connectivity index (χ1) is 6.29. The van der Waals surface area contributed by atoms with Gasteiger partial charge in [-0.1, -0.05) is 30.4 Å². The Morgan fingerprint density at radius 1 is 1.23 bits per heavy atom. The van der Waals surface area contributed by atoms with Crippen molar-refractivity contribution < 1.29 is 0 Å². The van der Waals surface area contributed by atoms with E-state index in [-0.39, 0.29) is 0 Å². The smallest absolute Gasteiger partial charge is 0.127 e. The molecule has 0 aliphatic carbocycles. The highest BCUT2D eigenvalue weighted by Crippen LogP contribution is 2.12. The van der Waals surface area contributed by atoms with E-state index in [1.165, 1.54) is 5.56 Å². The number of rotatable bonds is 1. The fraction of sp³-hybridized carbons (Fsp3) is 0.100. The zero-order valence-corrected chi connectivity index (χ0v) is 8.14. The Kier molecular flexibility index (Phi) is 2.02. The zero-order chi connectivity index (χ0) is 9.26. The summed E-state index contributed by atoms with van der Waals surface area (Å²) in [4.78, 5) is 0. The largest absolute Gasteiger partial charge is 0.300 e. The molecule has 0 fully saturated rings. The van der Waals surface area contributed by atoms with Crippen molar-refractivity contribution in [3.05, 3.63) is 46.7 Å². The van der Waals surface area contributed by atoms with E-state index in [9.17, 15) is 0 Å². The van der Waals surface area contributed by atoms with E-state index in [0.717, 1.165) is 10.3 Å². The van der Waals surface area contributed by atoms with Crippen LogP contribution in [0.1, 0.15) is 5.56 Å². The molecule has 13 heavy (non-hydrogen) atoms. The second-order valence-corrected chi connectivity index (χ2v) is 3.34. The molecule has 0 aliphatic rings. The predicted molar refractivity (Wildman–Crippen MR) is 55.7 cm³/mol. The molecule has 1 heterocycles. The lowest BCUT2D eigenvalue weighted by Crippen LogP contribution is -1.97. The minimum absolute atomic E-state index is 0.800. The highest BCUT2D eigenvalue weighted by atomic mass is 32.1. The van der Waals surface area contributed by atoms with Crippen LogP contribution in [-0.2, 0) is 0 Å². The monoisotopic (exact) mass is 190 g/mol. The van der Waals surface area contributed by atoms with Gasteiger partial charge in [-0.3, -0.25) is 0 Å². The van der Waals surface area contributed by atoms with Gasteiger partial charge in [0, 0.05) is 6.20 Å². The Morgan fingerprint density at radius 2 is 2.00 bits per heavy atom. The average Bonchev–Trinajstić information content (AvgIpc) is 2.52. The van der Waals surface area contributed by atoms with Gasteiger partial charge in [-0.05, 0) is 24.6 Å². The Hall–Kier alpha value is -1.35. The van der Waals surface area contributed by atoms with Crippen LogP contribution in [0.25, 0.3) is 5.69 Å². The van der Waals surface area contributed by atoms with Crippen molar-refractivity contribution in [3.63, 3.8) is 0 Å². The summed E-state index contributed by atoms with van der Waals surface area (Å²) < 4.78 is 2.69. The molecule has 2 aromatic rings. The maximum atomic E-state index is 5.16. The van der Waals surface area contributed by atoms with Crippen molar-refractivity contribution >= 4 is 12.2 Å². The van der Waals surface area contributed by atoms with Crippen molar-refractivity contribution in [2.24, 2.45) is 0 Å². The van der Waals surface area contributed by atoms with Crippen molar-refractivity contribution in [2.45, 2.75) is 6.92 Å². The number of para-hydroxylation sites is 1. The molecule has 3 heteroatoms. The number of aromatic amines is 1. The summed E-state index contributed by atoms with van der Waals surface area (Å²) in [5.74, 6) is 0. The van der Waals surface area contributed by atoms with Crippen LogP contribution in [0.3, 0.4) is 0 Å². The molecule has 1 aromatic heterocycles. The van der Waals surface area contributed by atoms with Crippen molar-refractivity contribution in [1.29, 1.82) is 0 Å². The Balaban J connectivity index is 2.66. The van der Waals surface area contributed by atoms with Crippen molar-refractivity contribution in [1.82, 2.24) is 9.78 Å². The molecule has 1 N–H and O–H groups in total. The Labute approximate surface area is 81.8 Å². The van der Waals surface area contributed by atoms with Gasteiger partial charge in [-0.2, -0.15) is 0 Å². The van der Waals surface area contributed by atoms with Crippen molar-refractivity contribution in [3.8, 4) is 5.69 Å². The summed E-state index contributed by atoms with van der Waals surface area (Å²) >= 11 is 5.16. The number of benzene rings is 1. The summed E-state index contributed by atoms with van der Waals surface area (Å²) in [5, 5.41) is 3.08. The third-order valence-electron chi connectivity index (χ3n) is 2.01. The molecule has 2 rings (SSSR count). The molecular formula is C10H10N2S. The van der Waals surface area contributed by atoms with Crippen LogP contribution >= 0.6 is 12.2 Å². The highest BCUT2D eigenvalue weighted by Gasteiger charge is 1.99. The normalized spacial score (nSPS) is 10.2. The maximum absolute atomic E-state index is 5.16. The number of hydrogen-bond donors (Lipinski definition) is 1. The van der Waals surface area contributed by atoms with E-state index in [4.69, 9.17) is 12.2 Å². The summed E-state index contributed by atoms with van der Waals surface area (Å²) in [6.45, 7) is 2.07. The third-order valence-corrected chi connectivity index (χ3v) is 2.32. The van der Waals surface area contributed by atoms with Gasteiger partial charge >= 0.3 is 0 Å². The van der Waals surface area contributed by atoms with Gasteiger partial charge in [0.15, 0.2) is 0 Å². The molecule has 0 radical (unpaired) electrons. The van der Waals surface area contributed by atoms with E-state index >= 15 is 0 Å². The molecule has 0 unspecified atom stereocenters. The van der Waals surface area contributed by atoms with Crippen LogP contribution in [0.15, 0.2) is 36.5 Å². The van der Waals surface area contributed by atoms with Crippen LogP contribution in [0.4, 0.5) is 0 Å². The van der Waals surface area contributed by atoms with Gasteiger partial charge < -0.3 is 5.10 Å². The number of aryl methyl sites for hydroxylation is 1. The molecule has 0 saturated carbocycles.